The number of hydrogen-bond acceptors (Lipinski definition) is 3. The maximum Gasteiger partial charge on any atom is 0.233 e. The summed E-state index contributed by atoms with van der Waals surface area (Å²) in [5.41, 5.74) is 1.21. The van der Waals surface area contributed by atoms with E-state index < -0.39 is 0 Å². The van der Waals surface area contributed by atoms with Crippen LogP contribution in [0.5, 0.6) is 5.75 Å². The van der Waals surface area contributed by atoms with Gasteiger partial charge in [-0.2, -0.15) is 0 Å². The molecule has 0 radical (unpaired) electrons. The van der Waals surface area contributed by atoms with Gasteiger partial charge in [-0.3, -0.25) is 4.79 Å². The number of amides is 1. The fourth-order valence-electron chi connectivity index (χ4n) is 1.92. The smallest absolute Gasteiger partial charge is 0.233 e. The van der Waals surface area contributed by atoms with E-state index in [1.807, 2.05) is 50.2 Å². The van der Waals surface area contributed by atoms with E-state index in [0.29, 0.717) is 23.9 Å². The van der Waals surface area contributed by atoms with Crippen molar-refractivity contribution in [2.75, 3.05) is 13.2 Å². The van der Waals surface area contributed by atoms with Gasteiger partial charge >= 0.3 is 0 Å². The first kappa shape index (κ1) is 17.7. The molecule has 122 valence electrons. The van der Waals surface area contributed by atoms with Gasteiger partial charge in [-0.05, 0) is 38.1 Å². The Kier molecular flexibility index (Phi) is 6.81. The molecule has 2 rings (SSSR count). The molecule has 0 saturated carbocycles. The van der Waals surface area contributed by atoms with E-state index >= 15 is 0 Å². The number of thioether (sulfide) groups is 1. The van der Waals surface area contributed by atoms with Gasteiger partial charge in [-0.25, -0.2) is 0 Å². The van der Waals surface area contributed by atoms with E-state index in [-0.39, 0.29) is 11.2 Å². The lowest BCUT2D eigenvalue weighted by atomic mass is 10.2. The highest BCUT2D eigenvalue weighted by atomic mass is 35.5. The Balaban J connectivity index is 1.72. The van der Waals surface area contributed by atoms with E-state index in [4.69, 9.17) is 16.3 Å². The van der Waals surface area contributed by atoms with E-state index in [0.717, 1.165) is 4.90 Å². The summed E-state index contributed by atoms with van der Waals surface area (Å²) in [6.45, 7) is 4.78. The quantitative estimate of drug-likeness (QED) is 0.597. The molecule has 3 nitrogen and oxygen atoms in total. The highest BCUT2D eigenvalue weighted by Gasteiger charge is 2.13. The van der Waals surface area contributed by atoms with Crippen molar-refractivity contribution >= 4 is 29.3 Å². The first-order valence-corrected chi connectivity index (χ1v) is 8.70. The number of hydrogen-bond donors (Lipinski definition) is 1. The Morgan fingerprint density at radius 1 is 1.22 bits per heavy atom. The molecule has 1 amide bonds. The van der Waals surface area contributed by atoms with Gasteiger partial charge in [0, 0.05) is 4.90 Å². The average Bonchev–Trinajstić information content (AvgIpc) is 2.55. The van der Waals surface area contributed by atoms with Crippen LogP contribution in [0.25, 0.3) is 0 Å². The van der Waals surface area contributed by atoms with Crippen molar-refractivity contribution in [2.24, 2.45) is 0 Å². The van der Waals surface area contributed by atoms with E-state index in [9.17, 15) is 4.79 Å². The Hall–Kier alpha value is -1.65. The molecular formula is C18H20ClNO2S. The number of benzene rings is 2. The second kappa shape index (κ2) is 8.85. The van der Waals surface area contributed by atoms with Crippen LogP contribution in [0.2, 0.25) is 5.02 Å². The molecule has 0 heterocycles. The molecule has 23 heavy (non-hydrogen) atoms. The van der Waals surface area contributed by atoms with Gasteiger partial charge in [0.05, 0.1) is 16.8 Å². The van der Waals surface area contributed by atoms with Crippen molar-refractivity contribution in [1.82, 2.24) is 5.32 Å². The minimum absolute atomic E-state index is 0.00154. The lowest BCUT2D eigenvalue weighted by Gasteiger charge is -2.13. The minimum Gasteiger partial charge on any atom is -0.490 e. The van der Waals surface area contributed by atoms with Crippen molar-refractivity contribution < 1.29 is 9.53 Å². The molecule has 2 aromatic carbocycles. The highest BCUT2D eigenvalue weighted by molar-refractivity contribution is 8.00. The normalized spacial score (nSPS) is 11.8. The molecule has 0 aliphatic rings. The predicted molar refractivity (Wildman–Crippen MR) is 96.5 cm³/mol. The van der Waals surface area contributed by atoms with E-state index in [2.05, 4.69) is 5.32 Å². The van der Waals surface area contributed by atoms with Crippen molar-refractivity contribution in [3.05, 3.63) is 59.1 Å². The van der Waals surface area contributed by atoms with E-state index in [1.54, 1.807) is 23.9 Å². The topological polar surface area (TPSA) is 38.3 Å². The molecule has 2 aromatic rings. The minimum atomic E-state index is -0.155. The van der Waals surface area contributed by atoms with Gasteiger partial charge in [0.2, 0.25) is 5.91 Å². The summed E-state index contributed by atoms with van der Waals surface area (Å²) < 4.78 is 5.54. The van der Waals surface area contributed by atoms with Crippen LogP contribution in [-0.4, -0.2) is 24.3 Å². The number of aryl methyl sites for hydroxylation is 1. The third-order valence-corrected chi connectivity index (χ3v) is 4.62. The van der Waals surface area contributed by atoms with Crippen LogP contribution in [-0.2, 0) is 4.79 Å². The zero-order valence-corrected chi connectivity index (χ0v) is 14.8. The van der Waals surface area contributed by atoms with Crippen LogP contribution in [0.3, 0.4) is 0 Å². The fourth-order valence-corrected chi connectivity index (χ4v) is 3.00. The summed E-state index contributed by atoms with van der Waals surface area (Å²) in [5.74, 6) is 0.629. The van der Waals surface area contributed by atoms with Crippen LogP contribution in [0.4, 0.5) is 0 Å². The summed E-state index contributed by atoms with van der Waals surface area (Å²) in [6, 6.07) is 15.4. The number of para-hydroxylation sites is 1. The number of carbonyl (C=O) groups is 1. The molecule has 0 aliphatic heterocycles. The summed E-state index contributed by atoms with van der Waals surface area (Å²) in [5, 5.41) is 3.29. The molecule has 0 saturated heterocycles. The van der Waals surface area contributed by atoms with Gasteiger partial charge < -0.3 is 10.1 Å². The van der Waals surface area contributed by atoms with Crippen LogP contribution < -0.4 is 10.1 Å². The summed E-state index contributed by atoms with van der Waals surface area (Å²) in [4.78, 5) is 13.2. The molecule has 0 aromatic heterocycles. The molecule has 1 unspecified atom stereocenters. The number of rotatable bonds is 7. The monoisotopic (exact) mass is 349 g/mol. The number of ether oxygens (including phenoxy) is 1. The zero-order valence-electron chi connectivity index (χ0n) is 13.2. The van der Waals surface area contributed by atoms with Crippen LogP contribution in [0.15, 0.2) is 53.4 Å². The molecule has 0 aliphatic carbocycles. The summed E-state index contributed by atoms with van der Waals surface area (Å²) >= 11 is 7.55. The summed E-state index contributed by atoms with van der Waals surface area (Å²) in [7, 11) is 0. The van der Waals surface area contributed by atoms with Crippen LogP contribution >= 0.6 is 23.4 Å². The largest absolute Gasteiger partial charge is 0.490 e. The van der Waals surface area contributed by atoms with Gasteiger partial charge in [0.15, 0.2) is 0 Å². The summed E-state index contributed by atoms with van der Waals surface area (Å²) in [6.07, 6.45) is 0. The van der Waals surface area contributed by atoms with Gasteiger partial charge in [0.1, 0.15) is 12.4 Å². The van der Waals surface area contributed by atoms with Crippen molar-refractivity contribution in [3.8, 4) is 5.75 Å². The maximum atomic E-state index is 12.1. The standard InChI is InChI=1S/C18H20ClNO2S/c1-13-7-9-15(10-8-13)23-14(2)18(21)20-11-12-22-17-6-4-3-5-16(17)19/h3-10,14H,11-12H2,1-2H3,(H,20,21). The zero-order chi connectivity index (χ0) is 16.7. The SMILES string of the molecule is Cc1ccc(SC(C)C(=O)NCCOc2ccccc2Cl)cc1. The highest BCUT2D eigenvalue weighted by Crippen LogP contribution is 2.24. The Morgan fingerprint density at radius 2 is 1.91 bits per heavy atom. The Morgan fingerprint density at radius 3 is 2.61 bits per heavy atom. The molecule has 5 heteroatoms. The van der Waals surface area contributed by atoms with Crippen LogP contribution in [0, 0.1) is 6.92 Å². The first-order valence-electron chi connectivity index (χ1n) is 7.44. The predicted octanol–water partition coefficient (Wildman–Crippen LogP) is 4.32. The van der Waals surface area contributed by atoms with Gasteiger partial charge in [-0.15, -0.1) is 11.8 Å². The number of nitrogens with one attached hydrogen (secondary N) is 1. The van der Waals surface area contributed by atoms with E-state index in [1.165, 1.54) is 5.56 Å². The van der Waals surface area contributed by atoms with Gasteiger partial charge in [-0.1, -0.05) is 41.4 Å². The van der Waals surface area contributed by atoms with Crippen LogP contribution in [0.1, 0.15) is 12.5 Å². The van der Waals surface area contributed by atoms with Crippen molar-refractivity contribution in [1.29, 1.82) is 0 Å². The van der Waals surface area contributed by atoms with Crippen molar-refractivity contribution in [2.45, 2.75) is 24.0 Å². The second-order valence-electron chi connectivity index (χ2n) is 5.14. The second-order valence-corrected chi connectivity index (χ2v) is 6.96. The third kappa shape index (κ3) is 5.81. The molecule has 0 bridgehead atoms. The molecule has 1 atom stereocenters. The lowest BCUT2D eigenvalue weighted by molar-refractivity contribution is -0.120. The molecular weight excluding hydrogens is 330 g/mol. The Bertz CT molecular complexity index is 646. The fraction of sp³-hybridized carbons (Fsp3) is 0.278. The first-order chi connectivity index (χ1) is 11.1. The Labute approximate surface area is 146 Å². The number of halogens is 1. The maximum absolute atomic E-state index is 12.1. The van der Waals surface area contributed by atoms with Crippen molar-refractivity contribution in [3.63, 3.8) is 0 Å². The number of carbonyl (C=O) groups excluding carboxylic acids is 1. The lowest BCUT2D eigenvalue weighted by Crippen LogP contribution is -2.33. The molecule has 0 spiro atoms. The molecule has 1 N–H and O–H groups in total. The third-order valence-electron chi connectivity index (χ3n) is 3.20. The average molecular weight is 350 g/mol. The van der Waals surface area contributed by atoms with Gasteiger partial charge in [0.25, 0.3) is 0 Å². The molecule has 0 fully saturated rings.